The molecule has 0 aliphatic carbocycles. The molecule has 0 radical (unpaired) electrons. The summed E-state index contributed by atoms with van der Waals surface area (Å²) in [6.07, 6.45) is 0. The van der Waals surface area contributed by atoms with Gasteiger partial charge in [-0.15, -0.1) is 5.10 Å². The lowest BCUT2D eigenvalue weighted by Gasteiger charge is -2.13. The van der Waals surface area contributed by atoms with E-state index in [-0.39, 0.29) is 6.04 Å². The van der Waals surface area contributed by atoms with Crippen molar-refractivity contribution in [3.8, 4) is 0 Å². The first-order valence-electron chi connectivity index (χ1n) is 5.89. The Labute approximate surface area is 106 Å². The van der Waals surface area contributed by atoms with Crippen LogP contribution in [0, 0.1) is 13.8 Å². The Morgan fingerprint density at radius 1 is 1.11 bits per heavy atom. The molecule has 1 atom stereocenters. The predicted octanol–water partition coefficient (Wildman–Crippen LogP) is 1.60. The summed E-state index contributed by atoms with van der Waals surface area (Å²) in [5, 5.41) is 11.1. The number of anilines is 1. The van der Waals surface area contributed by atoms with Crippen LogP contribution in [0.5, 0.6) is 0 Å². The quantitative estimate of drug-likeness (QED) is 0.853. The van der Waals surface area contributed by atoms with Gasteiger partial charge in [-0.1, -0.05) is 30.3 Å². The van der Waals surface area contributed by atoms with Crippen LogP contribution in [0.3, 0.4) is 0 Å². The van der Waals surface area contributed by atoms with Gasteiger partial charge in [0.2, 0.25) is 5.95 Å². The number of rotatable bonds is 4. The van der Waals surface area contributed by atoms with Crippen LogP contribution in [0.4, 0.5) is 5.95 Å². The summed E-state index contributed by atoms with van der Waals surface area (Å²) < 4.78 is 0. The zero-order valence-electron chi connectivity index (χ0n) is 10.6. The standard InChI is InChI=1S/C13H17N5/c1-9-10(2)17-18-13(16-9)15-8-12(14)11-6-4-3-5-7-11/h3-7,12H,8,14H2,1-2H3,(H,15,16,18). The largest absolute Gasteiger partial charge is 0.351 e. The molecule has 0 aliphatic heterocycles. The zero-order valence-corrected chi connectivity index (χ0v) is 10.6. The molecule has 94 valence electrons. The van der Waals surface area contributed by atoms with Gasteiger partial charge in [0.1, 0.15) is 0 Å². The van der Waals surface area contributed by atoms with Gasteiger partial charge in [0.15, 0.2) is 0 Å². The Morgan fingerprint density at radius 2 is 1.83 bits per heavy atom. The first-order chi connectivity index (χ1) is 8.66. The average Bonchev–Trinajstić information content (AvgIpc) is 2.41. The van der Waals surface area contributed by atoms with Gasteiger partial charge in [0.25, 0.3) is 0 Å². The highest BCUT2D eigenvalue weighted by atomic mass is 15.2. The van der Waals surface area contributed by atoms with Gasteiger partial charge in [-0.05, 0) is 19.4 Å². The van der Waals surface area contributed by atoms with Crippen LogP contribution in [0.2, 0.25) is 0 Å². The molecule has 5 nitrogen and oxygen atoms in total. The Bertz CT molecular complexity index is 512. The number of aryl methyl sites for hydroxylation is 2. The SMILES string of the molecule is Cc1nnc(NCC(N)c2ccccc2)nc1C. The summed E-state index contributed by atoms with van der Waals surface area (Å²) in [5.41, 5.74) is 8.87. The lowest BCUT2D eigenvalue weighted by atomic mass is 10.1. The maximum Gasteiger partial charge on any atom is 0.243 e. The Kier molecular flexibility index (Phi) is 3.84. The fourth-order valence-corrected chi connectivity index (χ4v) is 1.55. The zero-order chi connectivity index (χ0) is 13.0. The van der Waals surface area contributed by atoms with Gasteiger partial charge in [-0.3, -0.25) is 0 Å². The number of nitrogens with two attached hydrogens (primary N) is 1. The molecule has 0 aliphatic rings. The third-order valence-electron chi connectivity index (χ3n) is 2.80. The van der Waals surface area contributed by atoms with Crippen molar-refractivity contribution in [3.05, 3.63) is 47.3 Å². The van der Waals surface area contributed by atoms with E-state index in [0.29, 0.717) is 12.5 Å². The molecule has 1 heterocycles. The molecule has 1 unspecified atom stereocenters. The van der Waals surface area contributed by atoms with Crippen LogP contribution in [-0.2, 0) is 0 Å². The number of benzene rings is 1. The summed E-state index contributed by atoms with van der Waals surface area (Å²) in [6.45, 7) is 4.37. The summed E-state index contributed by atoms with van der Waals surface area (Å²) in [7, 11) is 0. The third kappa shape index (κ3) is 3.01. The van der Waals surface area contributed by atoms with Crippen molar-refractivity contribution in [3.63, 3.8) is 0 Å². The number of nitrogens with one attached hydrogen (secondary N) is 1. The highest BCUT2D eigenvalue weighted by molar-refractivity contribution is 5.27. The van der Waals surface area contributed by atoms with Gasteiger partial charge < -0.3 is 11.1 Å². The van der Waals surface area contributed by atoms with E-state index in [1.807, 2.05) is 44.2 Å². The van der Waals surface area contributed by atoms with Crippen molar-refractivity contribution in [2.24, 2.45) is 5.73 Å². The van der Waals surface area contributed by atoms with Crippen molar-refractivity contribution in [2.45, 2.75) is 19.9 Å². The summed E-state index contributed by atoms with van der Waals surface area (Å²) in [5.74, 6) is 0.518. The molecule has 1 aromatic heterocycles. The summed E-state index contributed by atoms with van der Waals surface area (Å²) in [6, 6.07) is 9.85. The van der Waals surface area contributed by atoms with Gasteiger partial charge >= 0.3 is 0 Å². The molecule has 0 spiro atoms. The van der Waals surface area contributed by atoms with Gasteiger partial charge in [0, 0.05) is 12.6 Å². The molecule has 0 saturated carbocycles. The minimum atomic E-state index is -0.0867. The maximum absolute atomic E-state index is 6.07. The molecule has 5 heteroatoms. The van der Waals surface area contributed by atoms with Gasteiger partial charge in [0.05, 0.1) is 11.4 Å². The Morgan fingerprint density at radius 3 is 2.50 bits per heavy atom. The van der Waals surface area contributed by atoms with E-state index >= 15 is 0 Å². The van der Waals surface area contributed by atoms with Crippen LogP contribution in [0.1, 0.15) is 23.0 Å². The van der Waals surface area contributed by atoms with Crippen molar-refractivity contribution in [2.75, 3.05) is 11.9 Å². The van der Waals surface area contributed by atoms with E-state index in [4.69, 9.17) is 5.73 Å². The normalized spacial score (nSPS) is 12.2. The lowest BCUT2D eigenvalue weighted by molar-refractivity contribution is 0.751. The van der Waals surface area contributed by atoms with Crippen LogP contribution in [-0.4, -0.2) is 21.7 Å². The second kappa shape index (κ2) is 5.55. The molecular formula is C13H17N5. The van der Waals surface area contributed by atoms with Crippen LogP contribution < -0.4 is 11.1 Å². The first-order valence-corrected chi connectivity index (χ1v) is 5.89. The summed E-state index contributed by atoms with van der Waals surface area (Å²) in [4.78, 5) is 4.30. The molecular weight excluding hydrogens is 226 g/mol. The van der Waals surface area contributed by atoms with Crippen LogP contribution in [0.25, 0.3) is 0 Å². The minimum absolute atomic E-state index is 0.0867. The minimum Gasteiger partial charge on any atom is -0.351 e. The number of hydrogen-bond donors (Lipinski definition) is 2. The van der Waals surface area contributed by atoms with Crippen molar-refractivity contribution < 1.29 is 0 Å². The van der Waals surface area contributed by atoms with E-state index < -0.39 is 0 Å². The van der Waals surface area contributed by atoms with Crippen molar-refractivity contribution >= 4 is 5.95 Å². The van der Waals surface area contributed by atoms with E-state index in [9.17, 15) is 0 Å². The summed E-state index contributed by atoms with van der Waals surface area (Å²) >= 11 is 0. The molecule has 2 aromatic rings. The van der Waals surface area contributed by atoms with E-state index in [1.54, 1.807) is 0 Å². The molecule has 2 rings (SSSR count). The second-order valence-electron chi connectivity index (χ2n) is 4.20. The molecule has 0 amide bonds. The number of hydrogen-bond acceptors (Lipinski definition) is 5. The molecule has 3 N–H and O–H groups in total. The predicted molar refractivity (Wildman–Crippen MR) is 71.2 cm³/mol. The third-order valence-corrected chi connectivity index (χ3v) is 2.80. The molecule has 1 aromatic carbocycles. The van der Waals surface area contributed by atoms with Gasteiger partial charge in [-0.2, -0.15) is 5.10 Å². The first kappa shape index (κ1) is 12.4. The monoisotopic (exact) mass is 243 g/mol. The van der Waals surface area contributed by atoms with E-state index in [0.717, 1.165) is 17.0 Å². The molecule has 18 heavy (non-hydrogen) atoms. The van der Waals surface area contributed by atoms with Gasteiger partial charge in [-0.25, -0.2) is 4.98 Å². The fraction of sp³-hybridized carbons (Fsp3) is 0.308. The topological polar surface area (TPSA) is 76.7 Å². The van der Waals surface area contributed by atoms with Crippen LogP contribution >= 0.6 is 0 Å². The number of aromatic nitrogens is 3. The molecule has 0 bridgehead atoms. The Hall–Kier alpha value is -2.01. The molecule has 0 fully saturated rings. The smallest absolute Gasteiger partial charge is 0.243 e. The van der Waals surface area contributed by atoms with Crippen molar-refractivity contribution in [1.29, 1.82) is 0 Å². The van der Waals surface area contributed by atoms with E-state index in [2.05, 4.69) is 20.5 Å². The average molecular weight is 243 g/mol. The van der Waals surface area contributed by atoms with Crippen LogP contribution in [0.15, 0.2) is 30.3 Å². The number of nitrogens with zero attached hydrogens (tertiary/aromatic N) is 3. The Balaban J connectivity index is 1.97. The highest BCUT2D eigenvalue weighted by Gasteiger charge is 2.06. The van der Waals surface area contributed by atoms with E-state index in [1.165, 1.54) is 0 Å². The second-order valence-corrected chi connectivity index (χ2v) is 4.20. The van der Waals surface area contributed by atoms with Crippen molar-refractivity contribution in [1.82, 2.24) is 15.2 Å². The fourth-order valence-electron chi connectivity index (χ4n) is 1.55. The maximum atomic E-state index is 6.07. The lowest BCUT2D eigenvalue weighted by Crippen LogP contribution is -2.21. The molecule has 0 saturated heterocycles. The highest BCUT2D eigenvalue weighted by Crippen LogP contribution is 2.10.